The van der Waals surface area contributed by atoms with Crippen LogP contribution in [0.15, 0.2) is 12.7 Å². The highest BCUT2D eigenvalue weighted by Gasteiger charge is 2.35. The summed E-state index contributed by atoms with van der Waals surface area (Å²) >= 11 is 0. The summed E-state index contributed by atoms with van der Waals surface area (Å²) in [7, 11) is 4.47. The molecular formula is C15H30N2. The third-order valence-corrected chi connectivity index (χ3v) is 4.20. The molecule has 0 bridgehead atoms. The highest BCUT2D eigenvalue weighted by atomic mass is 15.2. The molecule has 1 fully saturated rings. The van der Waals surface area contributed by atoms with Crippen LogP contribution in [0.2, 0.25) is 0 Å². The Hall–Kier alpha value is -0.340. The quantitative estimate of drug-likeness (QED) is 0.490. The molecule has 1 aliphatic carbocycles. The van der Waals surface area contributed by atoms with Gasteiger partial charge in [0.05, 0.1) is 0 Å². The largest absolute Gasteiger partial charge is 0.315 e. The maximum absolute atomic E-state index is 3.75. The van der Waals surface area contributed by atoms with E-state index in [1.54, 1.807) is 0 Å². The van der Waals surface area contributed by atoms with Crippen LogP contribution in [0.3, 0.4) is 0 Å². The molecule has 2 heteroatoms. The topological polar surface area (TPSA) is 15.3 Å². The van der Waals surface area contributed by atoms with Crippen molar-refractivity contribution in [2.24, 2.45) is 0 Å². The Morgan fingerprint density at radius 3 is 2.47 bits per heavy atom. The van der Waals surface area contributed by atoms with Gasteiger partial charge in [0.1, 0.15) is 0 Å². The fourth-order valence-corrected chi connectivity index (χ4v) is 2.85. The molecule has 0 unspecified atom stereocenters. The van der Waals surface area contributed by atoms with Crippen molar-refractivity contribution in [3.63, 3.8) is 0 Å². The SMILES string of the molecule is C=CCCCCCNCC1(N(C)C)CCCC1. The average molecular weight is 238 g/mol. The Labute approximate surface area is 107 Å². The molecule has 0 amide bonds. The molecule has 1 aliphatic rings. The average Bonchev–Trinajstić information content (AvgIpc) is 2.78. The first-order valence-electron chi connectivity index (χ1n) is 7.20. The Kier molecular flexibility index (Phi) is 6.83. The van der Waals surface area contributed by atoms with Crippen LogP contribution in [0.4, 0.5) is 0 Å². The molecule has 0 aliphatic heterocycles. The summed E-state index contributed by atoms with van der Waals surface area (Å²) in [6.07, 6.45) is 12.6. The van der Waals surface area contributed by atoms with Gasteiger partial charge in [-0.05, 0) is 52.7 Å². The molecule has 0 aromatic carbocycles. The van der Waals surface area contributed by atoms with Gasteiger partial charge in [-0.2, -0.15) is 0 Å². The second kappa shape index (κ2) is 7.88. The lowest BCUT2D eigenvalue weighted by Gasteiger charge is -2.36. The maximum atomic E-state index is 3.75. The van der Waals surface area contributed by atoms with Crippen LogP contribution in [0.1, 0.15) is 51.4 Å². The van der Waals surface area contributed by atoms with Crippen molar-refractivity contribution >= 4 is 0 Å². The highest BCUT2D eigenvalue weighted by molar-refractivity contribution is 4.94. The zero-order valence-corrected chi connectivity index (χ0v) is 11.8. The van der Waals surface area contributed by atoms with E-state index in [-0.39, 0.29) is 0 Å². The molecule has 2 nitrogen and oxygen atoms in total. The molecule has 1 N–H and O–H groups in total. The molecule has 0 radical (unpaired) electrons. The molecule has 1 rings (SSSR count). The Balaban J connectivity index is 2.09. The van der Waals surface area contributed by atoms with E-state index in [1.165, 1.54) is 64.5 Å². The van der Waals surface area contributed by atoms with Gasteiger partial charge in [-0.25, -0.2) is 0 Å². The number of likely N-dealkylation sites (N-methyl/N-ethyl adjacent to an activating group) is 1. The number of hydrogen-bond acceptors (Lipinski definition) is 2. The van der Waals surface area contributed by atoms with Crippen LogP contribution >= 0.6 is 0 Å². The first-order chi connectivity index (χ1) is 8.21. The lowest BCUT2D eigenvalue weighted by atomic mass is 9.96. The van der Waals surface area contributed by atoms with Crippen molar-refractivity contribution in [3.8, 4) is 0 Å². The number of nitrogens with one attached hydrogen (secondary N) is 1. The summed E-state index contributed by atoms with van der Waals surface area (Å²) in [5, 5.41) is 3.66. The van der Waals surface area contributed by atoms with Gasteiger partial charge in [-0.1, -0.05) is 25.3 Å². The standard InChI is InChI=1S/C15H30N2/c1-4-5-6-7-10-13-16-14-15(17(2)3)11-8-9-12-15/h4,16H,1,5-14H2,2-3H3. The Bertz CT molecular complexity index is 205. The first kappa shape index (κ1) is 14.7. The molecule has 0 heterocycles. The number of allylic oxidation sites excluding steroid dienone is 1. The van der Waals surface area contributed by atoms with Gasteiger partial charge >= 0.3 is 0 Å². The van der Waals surface area contributed by atoms with E-state index in [1.807, 2.05) is 6.08 Å². The van der Waals surface area contributed by atoms with Crippen LogP contribution in [0.5, 0.6) is 0 Å². The summed E-state index contributed by atoms with van der Waals surface area (Å²) in [6, 6.07) is 0. The minimum absolute atomic E-state index is 0.446. The summed E-state index contributed by atoms with van der Waals surface area (Å²) in [5.74, 6) is 0. The molecule has 0 aromatic heterocycles. The molecule has 100 valence electrons. The van der Waals surface area contributed by atoms with E-state index in [0.29, 0.717) is 5.54 Å². The Morgan fingerprint density at radius 1 is 1.18 bits per heavy atom. The number of hydrogen-bond donors (Lipinski definition) is 1. The third kappa shape index (κ3) is 4.81. The van der Waals surface area contributed by atoms with Gasteiger partial charge in [-0.3, -0.25) is 0 Å². The molecule has 0 saturated heterocycles. The van der Waals surface area contributed by atoms with Crippen molar-refractivity contribution in [2.75, 3.05) is 27.2 Å². The van der Waals surface area contributed by atoms with E-state index in [9.17, 15) is 0 Å². The highest BCUT2D eigenvalue weighted by Crippen LogP contribution is 2.32. The molecule has 0 spiro atoms. The van der Waals surface area contributed by atoms with Crippen LogP contribution in [-0.2, 0) is 0 Å². The molecule has 0 atom stereocenters. The van der Waals surface area contributed by atoms with Crippen molar-refractivity contribution in [2.45, 2.75) is 56.9 Å². The van der Waals surface area contributed by atoms with Gasteiger partial charge in [-0.15, -0.1) is 6.58 Å². The Morgan fingerprint density at radius 2 is 1.88 bits per heavy atom. The van der Waals surface area contributed by atoms with E-state index < -0.39 is 0 Å². The first-order valence-corrected chi connectivity index (χ1v) is 7.20. The van der Waals surface area contributed by atoms with E-state index in [2.05, 4.69) is 30.9 Å². The second-order valence-electron chi connectivity index (χ2n) is 5.64. The maximum Gasteiger partial charge on any atom is 0.0327 e. The normalized spacial score (nSPS) is 18.8. The van der Waals surface area contributed by atoms with Gasteiger partial charge < -0.3 is 10.2 Å². The van der Waals surface area contributed by atoms with E-state index >= 15 is 0 Å². The van der Waals surface area contributed by atoms with Gasteiger partial charge in [0.2, 0.25) is 0 Å². The number of unbranched alkanes of at least 4 members (excludes halogenated alkanes) is 3. The molecule has 0 aromatic rings. The monoisotopic (exact) mass is 238 g/mol. The molecule has 17 heavy (non-hydrogen) atoms. The van der Waals surface area contributed by atoms with E-state index in [4.69, 9.17) is 0 Å². The smallest absolute Gasteiger partial charge is 0.0327 e. The van der Waals surface area contributed by atoms with Crippen LogP contribution < -0.4 is 5.32 Å². The van der Waals surface area contributed by atoms with Crippen molar-refractivity contribution in [1.29, 1.82) is 0 Å². The zero-order valence-electron chi connectivity index (χ0n) is 11.8. The lowest BCUT2D eigenvalue weighted by Crippen LogP contribution is -2.49. The van der Waals surface area contributed by atoms with Crippen LogP contribution in [-0.4, -0.2) is 37.6 Å². The molecular weight excluding hydrogens is 208 g/mol. The lowest BCUT2D eigenvalue weighted by molar-refractivity contribution is 0.154. The van der Waals surface area contributed by atoms with Crippen LogP contribution in [0, 0.1) is 0 Å². The molecule has 1 saturated carbocycles. The minimum atomic E-state index is 0.446. The van der Waals surface area contributed by atoms with Gasteiger partial charge in [0.25, 0.3) is 0 Å². The summed E-state index contributed by atoms with van der Waals surface area (Å²) in [6.45, 7) is 6.10. The second-order valence-corrected chi connectivity index (χ2v) is 5.64. The summed E-state index contributed by atoms with van der Waals surface area (Å²) < 4.78 is 0. The van der Waals surface area contributed by atoms with Crippen molar-refractivity contribution < 1.29 is 0 Å². The van der Waals surface area contributed by atoms with Crippen molar-refractivity contribution in [1.82, 2.24) is 10.2 Å². The zero-order chi connectivity index (χ0) is 12.6. The number of nitrogens with zero attached hydrogens (tertiary/aromatic N) is 1. The predicted octanol–water partition coefficient (Wildman–Crippen LogP) is 3.20. The predicted molar refractivity (Wildman–Crippen MR) is 76.4 cm³/mol. The minimum Gasteiger partial charge on any atom is -0.315 e. The third-order valence-electron chi connectivity index (χ3n) is 4.20. The number of rotatable bonds is 9. The van der Waals surface area contributed by atoms with E-state index in [0.717, 1.165) is 0 Å². The van der Waals surface area contributed by atoms with Crippen LogP contribution in [0.25, 0.3) is 0 Å². The fourth-order valence-electron chi connectivity index (χ4n) is 2.85. The summed E-state index contributed by atoms with van der Waals surface area (Å²) in [4.78, 5) is 2.44. The van der Waals surface area contributed by atoms with Gasteiger partial charge in [0, 0.05) is 12.1 Å². The van der Waals surface area contributed by atoms with Gasteiger partial charge in [0.15, 0.2) is 0 Å². The fraction of sp³-hybridized carbons (Fsp3) is 0.867. The van der Waals surface area contributed by atoms with Crippen molar-refractivity contribution in [3.05, 3.63) is 12.7 Å². The summed E-state index contributed by atoms with van der Waals surface area (Å²) in [5.41, 5.74) is 0.446.